The highest BCUT2D eigenvalue weighted by Gasteiger charge is 2.29. The fourth-order valence-electron chi connectivity index (χ4n) is 8.37. The van der Waals surface area contributed by atoms with Crippen LogP contribution in [0.5, 0.6) is 5.75 Å². The minimum atomic E-state index is -0.263. The van der Waals surface area contributed by atoms with Crippen LogP contribution in [-0.2, 0) is 33.5 Å². The van der Waals surface area contributed by atoms with E-state index in [-0.39, 0.29) is 11.9 Å². The van der Waals surface area contributed by atoms with Gasteiger partial charge in [0.1, 0.15) is 5.75 Å². The second-order valence-electron chi connectivity index (χ2n) is 14.6. The van der Waals surface area contributed by atoms with Gasteiger partial charge in [0.2, 0.25) is 0 Å². The number of aryl methyl sites for hydroxylation is 3. The van der Waals surface area contributed by atoms with Gasteiger partial charge in [0.05, 0.1) is 26.4 Å². The summed E-state index contributed by atoms with van der Waals surface area (Å²) in [4.78, 5) is 23.8. The third-order valence-corrected chi connectivity index (χ3v) is 11.3. The molecule has 0 aliphatic heterocycles. The summed E-state index contributed by atoms with van der Waals surface area (Å²) in [6.07, 6.45) is 19.0. The summed E-state index contributed by atoms with van der Waals surface area (Å²) < 4.78 is 16.4. The summed E-state index contributed by atoms with van der Waals surface area (Å²) in [5.41, 5.74) is 6.15. The first-order chi connectivity index (χ1) is 24.0. The Bertz CT molecular complexity index is 1440. The molecule has 5 nitrogen and oxygen atoms in total. The highest BCUT2D eigenvalue weighted by Crippen LogP contribution is 2.42. The van der Waals surface area contributed by atoms with Crippen molar-refractivity contribution in [1.82, 2.24) is 0 Å². The molecule has 0 bridgehead atoms. The lowest BCUT2D eigenvalue weighted by Gasteiger charge is -2.33. The fraction of sp³-hybridized carbons (Fsp3) is 0.545. The zero-order valence-corrected chi connectivity index (χ0v) is 30.0. The van der Waals surface area contributed by atoms with Crippen LogP contribution in [0.25, 0.3) is 0 Å². The minimum absolute atomic E-state index is 0.115. The van der Waals surface area contributed by atoms with Gasteiger partial charge < -0.3 is 14.2 Å². The van der Waals surface area contributed by atoms with E-state index in [2.05, 4.69) is 66.7 Å². The summed E-state index contributed by atoms with van der Waals surface area (Å²) in [5.74, 6) is 3.18. The van der Waals surface area contributed by atoms with Crippen molar-refractivity contribution in [3.05, 3.63) is 101 Å². The van der Waals surface area contributed by atoms with Gasteiger partial charge in [0.25, 0.3) is 0 Å². The number of unbranched alkanes of at least 4 members (excludes halogenated alkanes) is 3. The Labute approximate surface area is 295 Å². The predicted molar refractivity (Wildman–Crippen MR) is 197 cm³/mol. The number of fused-ring (bicyclic) bond motifs is 1. The average molecular weight is 667 g/mol. The average Bonchev–Trinajstić information content (AvgIpc) is 3.16. The van der Waals surface area contributed by atoms with Gasteiger partial charge in [-0.15, -0.1) is 0 Å². The molecule has 1 fully saturated rings. The monoisotopic (exact) mass is 666 g/mol. The van der Waals surface area contributed by atoms with Gasteiger partial charge in [-0.05, 0) is 135 Å². The first-order valence-electron chi connectivity index (χ1n) is 19.1. The first kappa shape index (κ1) is 36.7. The summed E-state index contributed by atoms with van der Waals surface area (Å²) in [7, 11) is 2.91. The van der Waals surface area contributed by atoms with E-state index in [0.29, 0.717) is 29.7 Å². The number of methoxy groups -OCH3 is 2. The van der Waals surface area contributed by atoms with Crippen LogP contribution < -0.4 is 4.74 Å². The number of hydrogen-bond acceptors (Lipinski definition) is 5. The third-order valence-electron chi connectivity index (χ3n) is 11.3. The van der Waals surface area contributed by atoms with Crippen LogP contribution in [0.1, 0.15) is 128 Å². The lowest BCUT2D eigenvalue weighted by molar-refractivity contribution is -0.140. The number of rotatable bonds is 18. The molecule has 0 saturated heterocycles. The second-order valence-corrected chi connectivity index (χ2v) is 14.6. The smallest absolute Gasteiger partial charge is 0.337 e. The Morgan fingerprint density at radius 2 is 1.51 bits per heavy atom. The maximum absolute atomic E-state index is 12.3. The Morgan fingerprint density at radius 3 is 2.31 bits per heavy atom. The Balaban J connectivity index is 1.17. The van der Waals surface area contributed by atoms with E-state index in [0.717, 1.165) is 76.1 Å². The Hall–Kier alpha value is -3.60. The summed E-state index contributed by atoms with van der Waals surface area (Å²) in [5, 5.41) is 0. The highest BCUT2D eigenvalue weighted by atomic mass is 16.5. The molecule has 5 rings (SSSR count). The van der Waals surface area contributed by atoms with Crippen molar-refractivity contribution in [2.45, 2.75) is 115 Å². The molecule has 2 aliphatic carbocycles. The topological polar surface area (TPSA) is 61.8 Å². The van der Waals surface area contributed by atoms with Gasteiger partial charge in [0.15, 0.2) is 0 Å². The molecule has 0 spiro atoms. The molecule has 264 valence electrons. The maximum atomic E-state index is 12.3. The molecular weight excluding hydrogens is 608 g/mol. The van der Waals surface area contributed by atoms with E-state index < -0.39 is 0 Å². The van der Waals surface area contributed by atoms with Crippen molar-refractivity contribution in [3.63, 3.8) is 0 Å². The Kier molecular flexibility index (Phi) is 14.6. The maximum Gasteiger partial charge on any atom is 0.337 e. The van der Waals surface area contributed by atoms with Gasteiger partial charge in [-0.3, -0.25) is 4.79 Å². The zero-order valence-electron chi connectivity index (χ0n) is 30.0. The van der Waals surface area contributed by atoms with Crippen molar-refractivity contribution in [3.8, 4) is 5.75 Å². The standard InChI is InChI=1S/C44H58O5/c1-47-43(45)20-9-4-3-8-15-36(40-18-12-17-38-31-39(44(46)48-2)29-30-41(38)40)27-28-37-16-10-11-19-42(37)49-32-35-25-23-34(24-26-35)22-21-33-13-6-5-7-14-33/h5-7,10-11,13-14,16,19,29-31,34-36,40H,3-4,8-9,12,15,17-18,20-28,32H2,1-2H3. The van der Waals surface area contributed by atoms with Crippen molar-refractivity contribution < 1.29 is 23.8 Å². The summed E-state index contributed by atoms with van der Waals surface area (Å²) >= 11 is 0. The molecule has 1 saturated carbocycles. The fourth-order valence-corrected chi connectivity index (χ4v) is 8.37. The number of para-hydroxylation sites is 1. The third kappa shape index (κ3) is 11.2. The number of benzene rings is 3. The van der Waals surface area contributed by atoms with E-state index in [1.165, 1.54) is 81.4 Å². The number of hydrogen-bond donors (Lipinski definition) is 0. The number of carbonyl (C=O) groups excluding carboxylic acids is 2. The van der Waals surface area contributed by atoms with Gasteiger partial charge in [-0.1, -0.05) is 86.7 Å². The lowest BCUT2D eigenvalue weighted by atomic mass is 9.72. The normalized spacial score (nSPS) is 19.4. The van der Waals surface area contributed by atoms with Gasteiger partial charge in [0, 0.05) is 6.42 Å². The van der Waals surface area contributed by atoms with Crippen LogP contribution in [0.15, 0.2) is 72.8 Å². The van der Waals surface area contributed by atoms with Crippen molar-refractivity contribution in [1.29, 1.82) is 0 Å². The van der Waals surface area contributed by atoms with Crippen LogP contribution in [0, 0.1) is 17.8 Å². The number of esters is 2. The van der Waals surface area contributed by atoms with Crippen LogP contribution in [-0.4, -0.2) is 32.8 Å². The second kappa shape index (κ2) is 19.6. The molecule has 0 radical (unpaired) electrons. The van der Waals surface area contributed by atoms with E-state index in [1.807, 2.05) is 6.07 Å². The van der Waals surface area contributed by atoms with Crippen LogP contribution in [0.2, 0.25) is 0 Å². The quantitative estimate of drug-likeness (QED) is 0.0999. The minimum Gasteiger partial charge on any atom is -0.493 e. The van der Waals surface area contributed by atoms with Gasteiger partial charge in [-0.25, -0.2) is 4.79 Å². The molecule has 0 N–H and O–H groups in total. The highest BCUT2D eigenvalue weighted by molar-refractivity contribution is 5.89. The molecule has 2 aliphatic rings. The lowest BCUT2D eigenvalue weighted by Crippen LogP contribution is -2.21. The molecule has 0 amide bonds. The predicted octanol–water partition coefficient (Wildman–Crippen LogP) is 10.5. The van der Waals surface area contributed by atoms with Crippen molar-refractivity contribution in [2.24, 2.45) is 17.8 Å². The zero-order chi connectivity index (χ0) is 34.3. The summed E-state index contributed by atoms with van der Waals surface area (Å²) in [6, 6.07) is 25.8. The molecule has 3 aromatic rings. The first-order valence-corrected chi connectivity index (χ1v) is 19.1. The van der Waals surface area contributed by atoms with E-state index in [4.69, 9.17) is 14.2 Å². The summed E-state index contributed by atoms with van der Waals surface area (Å²) in [6.45, 7) is 0.815. The van der Waals surface area contributed by atoms with Crippen LogP contribution in [0.3, 0.4) is 0 Å². The van der Waals surface area contributed by atoms with Crippen LogP contribution in [0.4, 0.5) is 0 Å². The SMILES string of the molecule is COC(=O)CCCCCCC(CCc1ccccc1OCC1CCC(CCc2ccccc2)CC1)C1CCCc2cc(C(=O)OC)ccc21. The molecule has 2 unspecified atom stereocenters. The van der Waals surface area contributed by atoms with E-state index >= 15 is 0 Å². The number of carbonyl (C=O) groups is 2. The van der Waals surface area contributed by atoms with Crippen molar-refractivity contribution >= 4 is 11.9 Å². The van der Waals surface area contributed by atoms with Gasteiger partial charge in [-0.2, -0.15) is 0 Å². The Morgan fingerprint density at radius 1 is 0.755 bits per heavy atom. The molecule has 0 heterocycles. The van der Waals surface area contributed by atoms with E-state index in [1.54, 1.807) is 0 Å². The number of ether oxygens (including phenoxy) is 3. The van der Waals surface area contributed by atoms with Crippen LogP contribution >= 0.6 is 0 Å². The van der Waals surface area contributed by atoms with Gasteiger partial charge >= 0.3 is 11.9 Å². The van der Waals surface area contributed by atoms with Crippen molar-refractivity contribution in [2.75, 3.05) is 20.8 Å². The molecule has 0 aromatic heterocycles. The molecule has 5 heteroatoms. The largest absolute Gasteiger partial charge is 0.493 e. The molecule has 3 aromatic carbocycles. The van der Waals surface area contributed by atoms with E-state index in [9.17, 15) is 9.59 Å². The molecule has 2 atom stereocenters. The molecule has 49 heavy (non-hydrogen) atoms. The molecular formula is C44H58O5.